The van der Waals surface area contributed by atoms with E-state index >= 15 is 0 Å². The molecule has 0 bridgehead atoms. The highest BCUT2D eigenvalue weighted by Crippen LogP contribution is 2.54. The lowest BCUT2D eigenvalue weighted by molar-refractivity contribution is 0.573. The second kappa shape index (κ2) is 11.8. The first kappa shape index (κ1) is 34.6. The normalized spacial score (nSPS) is 14.8. The second-order valence-corrected chi connectivity index (χ2v) is 18.4. The van der Waals surface area contributed by atoms with Crippen LogP contribution in [0.15, 0.2) is 138 Å². The van der Waals surface area contributed by atoms with Crippen LogP contribution in [0.2, 0.25) is 0 Å². The van der Waals surface area contributed by atoms with Gasteiger partial charge in [-0.05, 0) is 123 Å². The summed E-state index contributed by atoms with van der Waals surface area (Å²) in [4.78, 5) is 2.45. The van der Waals surface area contributed by atoms with Gasteiger partial charge in [0.05, 0.1) is 5.69 Å². The van der Waals surface area contributed by atoms with Gasteiger partial charge in [-0.3, -0.25) is 0 Å². The molecule has 0 unspecified atom stereocenters. The number of benzene rings is 7. The van der Waals surface area contributed by atoms with Gasteiger partial charge < -0.3 is 9.32 Å². The van der Waals surface area contributed by atoms with Gasteiger partial charge >= 0.3 is 0 Å². The molecule has 2 aliphatic rings. The molecule has 1 aromatic heterocycles. The molecule has 56 heavy (non-hydrogen) atoms. The molecule has 0 fully saturated rings. The third kappa shape index (κ3) is 4.94. The molecule has 1 heterocycles. The summed E-state index contributed by atoms with van der Waals surface area (Å²) < 4.78 is 7.23. The lowest BCUT2D eigenvalue weighted by Gasteiger charge is -2.29. The zero-order chi connectivity index (χ0) is 38.9. The molecule has 276 valence electrons. The van der Waals surface area contributed by atoms with Crippen molar-refractivity contribution < 1.29 is 4.42 Å². The summed E-state index contributed by atoms with van der Waals surface area (Å²) in [5.74, 6) is 0. The monoisotopic (exact) mass is 727 g/mol. The molecule has 2 nitrogen and oxygen atoms in total. The molecule has 0 radical (unpaired) electrons. The lowest BCUT2D eigenvalue weighted by atomic mass is 9.82. The molecule has 8 aromatic rings. The molecular formula is C54H49NO. The maximum atomic E-state index is 7.23. The van der Waals surface area contributed by atoms with E-state index in [9.17, 15) is 0 Å². The molecular weight excluding hydrogens is 679 g/mol. The number of para-hydroxylation sites is 1. The van der Waals surface area contributed by atoms with E-state index in [4.69, 9.17) is 4.42 Å². The fourth-order valence-electron chi connectivity index (χ4n) is 10.0. The number of furan rings is 1. The Kier molecular flexibility index (Phi) is 7.31. The first-order valence-corrected chi connectivity index (χ1v) is 20.1. The number of hydrogen-bond acceptors (Lipinski definition) is 2. The van der Waals surface area contributed by atoms with E-state index in [0.717, 1.165) is 39.0 Å². The summed E-state index contributed by atoms with van der Waals surface area (Å²) in [6, 6.07) is 50.1. The Morgan fingerprint density at radius 1 is 0.482 bits per heavy atom. The van der Waals surface area contributed by atoms with E-state index in [0.29, 0.717) is 0 Å². The maximum absolute atomic E-state index is 7.23. The Labute approximate surface area is 331 Å². The average Bonchev–Trinajstić information content (AvgIpc) is 3.74. The highest BCUT2D eigenvalue weighted by atomic mass is 16.3. The fraction of sp³-hybridized carbons (Fsp3) is 0.222. The van der Waals surface area contributed by atoms with Crippen LogP contribution in [0.25, 0.3) is 55.3 Å². The number of nitrogens with zero attached hydrogens (tertiary/aromatic N) is 1. The molecule has 2 aliphatic carbocycles. The van der Waals surface area contributed by atoms with Crippen LogP contribution < -0.4 is 4.90 Å². The van der Waals surface area contributed by atoms with Gasteiger partial charge in [0.2, 0.25) is 0 Å². The summed E-state index contributed by atoms with van der Waals surface area (Å²) in [6.45, 7) is 20.7. The summed E-state index contributed by atoms with van der Waals surface area (Å²) in [6.07, 6.45) is 0. The fourth-order valence-corrected chi connectivity index (χ4v) is 10.0. The van der Waals surface area contributed by atoms with Crippen LogP contribution >= 0.6 is 0 Å². The van der Waals surface area contributed by atoms with Crippen molar-refractivity contribution in [3.8, 4) is 33.4 Å². The molecule has 0 N–H and O–H groups in total. The Morgan fingerprint density at radius 3 is 1.61 bits per heavy atom. The summed E-state index contributed by atoms with van der Waals surface area (Å²) in [5.41, 5.74) is 21.8. The maximum Gasteiger partial charge on any atom is 0.159 e. The van der Waals surface area contributed by atoms with Gasteiger partial charge in [-0.25, -0.2) is 0 Å². The van der Waals surface area contributed by atoms with Crippen molar-refractivity contribution in [3.63, 3.8) is 0 Å². The van der Waals surface area contributed by atoms with Gasteiger partial charge in [0.15, 0.2) is 5.58 Å². The van der Waals surface area contributed by atoms with Crippen LogP contribution in [0.4, 0.5) is 17.1 Å². The Bertz CT molecular complexity index is 2820. The Hall–Kier alpha value is -5.86. The minimum absolute atomic E-state index is 0.132. The number of hydrogen-bond donors (Lipinski definition) is 0. The van der Waals surface area contributed by atoms with E-state index in [1.54, 1.807) is 0 Å². The van der Waals surface area contributed by atoms with E-state index in [-0.39, 0.29) is 16.2 Å². The van der Waals surface area contributed by atoms with Crippen LogP contribution in [-0.2, 0) is 16.2 Å². The Morgan fingerprint density at radius 2 is 1.04 bits per heavy atom. The van der Waals surface area contributed by atoms with Crippen LogP contribution in [0.3, 0.4) is 0 Å². The zero-order valence-electron chi connectivity index (χ0n) is 34.1. The molecule has 0 atom stereocenters. The van der Waals surface area contributed by atoms with Gasteiger partial charge in [-0.15, -0.1) is 0 Å². The largest absolute Gasteiger partial charge is 0.454 e. The molecule has 10 rings (SSSR count). The highest BCUT2D eigenvalue weighted by Gasteiger charge is 2.38. The third-order valence-corrected chi connectivity index (χ3v) is 13.0. The predicted octanol–water partition coefficient (Wildman–Crippen LogP) is 15.2. The zero-order valence-corrected chi connectivity index (χ0v) is 34.1. The molecule has 0 amide bonds. The van der Waals surface area contributed by atoms with E-state index in [2.05, 4.69) is 201 Å². The predicted molar refractivity (Wildman–Crippen MR) is 237 cm³/mol. The van der Waals surface area contributed by atoms with Crippen molar-refractivity contribution >= 4 is 39.0 Å². The summed E-state index contributed by atoms with van der Waals surface area (Å²) >= 11 is 0. The van der Waals surface area contributed by atoms with Gasteiger partial charge in [0, 0.05) is 38.5 Å². The highest BCUT2D eigenvalue weighted by molar-refractivity contribution is 6.12. The van der Waals surface area contributed by atoms with Crippen LogP contribution in [0, 0.1) is 13.8 Å². The number of anilines is 3. The smallest absolute Gasteiger partial charge is 0.159 e. The average molecular weight is 728 g/mol. The van der Waals surface area contributed by atoms with Crippen LogP contribution in [-0.4, -0.2) is 0 Å². The Balaban J connectivity index is 1.24. The number of rotatable bonds is 4. The van der Waals surface area contributed by atoms with E-state index in [1.807, 2.05) is 0 Å². The minimum Gasteiger partial charge on any atom is -0.454 e. The quantitative estimate of drug-likeness (QED) is 0.179. The van der Waals surface area contributed by atoms with Crippen molar-refractivity contribution in [3.05, 3.63) is 172 Å². The van der Waals surface area contributed by atoms with Crippen LogP contribution in [0.1, 0.15) is 87.4 Å². The van der Waals surface area contributed by atoms with Gasteiger partial charge in [-0.1, -0.05) is 145 Å². The summed E-state index contributed by atoms with van der Waals surface area (Å²) in [5, 5.41) is 2.28. The molecule has 0 saturated heterocycles. The molecule has 0 spiro atoms. The van der Waals surface area contributed by atoms with E-state index in [1.165, 1.54) is 72.3 Å². The first-order valence-electron chi connectivity index (χ1n) is 20.1. The van der Waals surface area contributed by atoms with Gasteiger partial charge in [0.25, 0.3) is 0 Å². The molecule has 0 saturated carbocycles. The van der Waals surface area contributed by atoms with Crippen molar-refractivity contribution in [2.75, 3.05) is 4.90 Å². The molecule has 2 heteroatoms. The molecule has 0 aliphatic heterocycles. The minimum atomic E-state index is -0.137. The number of fused-ring (bicyclic) bond motifs is 9. The third-order valence-electron chi connectivity index (χ3n) is 13.0. The topological polar surface area (TPSA) is 16.4 Å². The van der Waals surface area contributed by atoms with Crippen molar-refractivity contribution in [2.45, 2.75) is 78.6 Å². The van der Waals surface area contributed by atoms with Gasteiger partial charge in [0.1, 0.15) is 5.58 Å². The van der Waals surface area contributed by atoms with E-state index < -0.39 is 0 Å². The number of aryl methyl sites for hydroxylation is 2. The van der Waals surface area contributed by atoms with Crippen molar-refractivity contribution in [2.24, 2.45) is 0 Å². The molecule has 7 aromatic carbocycles. The SMILES string of the molecule is Cc1ccc(-c2cc(C(C)(C)C)c3oc4c(N(c5ccc6c(c5)C(C)(C)c5ccccc5-6)c5ccc6c(c5)C(C)(C)c5ccccc5-6)cccc4c3c2)c(C)c1. The second-order valence-electron chi connectivity index (χ2n) is 18.4. The lowest BCUT2D eigenvalue weighted by Crippen LogP contribution is -2.18. The van der Waals surface area contributed by atoms with Crippen molar-refractivity contribution in [1.82, 2.24) is 0 Å². The van der Waals surface area contributed by atoms with Gasteiger partial charge in [-0.2, -0.15) is 0 Å². The first-order chi connectivity index (χ1) is 26.7. The summed E-state index contributed by atoms with van der Waals surface area (Å²) in [7, 11) is 0. The van der Waals surface area contributed by atoms with Crippen LogP contribution in [0.5, 0.6) is 0 Å². The van der Waals surface area contributed by atoms with Crippen molar-refractivity contribution in [1.29, 1.82) is 0 Å². The standard InChI is InChI=1S/C54H49NO/c1-32-21-24-37(33(2)27-32)34-28-43-42-17-14-20-49(51(42)56-50(43)48(29-34)52(3,4)5)55(35-22-25-40-38-15-10-12-18-44(38)53(6,7)46(40)30-35)36-23-26-41-39-16-11-13-19-45(39)54(8,9)47(41)31-36/h10-31H,1-9H3.